The lowest BCUT2D eigenvalue weighted by Crippen LogP contribution is -2.48. The van der Waals surface area contributed by atoms with Crippen molar-refractivity contribution in [2.45, 2.75) is 32.1 Å². The van der Waals surface area contributed by atoms with Crippen molar-refractivity contribution >= 4 is 40.7 Å². The van der Waals surface area contributed by atoms with Gasteiger partial charge in [-0.1, -0.05) is 42.5 Å². The van der Waals surface area contributed by atoms with E-state index in [2.05, 4.69) is 5.32 Å². The van der Waals surface area contributed by atoms with E-state index in [9.17, 15) is 9.59 Å². The van der Waals surface area contributed by atoms with Gasteiger partial charge in [-0.25, -0.2) is 0 Å². The molecular weight excluding hydrogens is 385 g/mol. The smallest absolute Gasteiger partial charge is 0.238 e. The third-order valence-corrected chi connectivity index (χ3v) is 6.40. The number of anilines is 1. The minimum absolute atomic E-state index is 0.115. The van der Waals surface area contributed by atoms with E-state index in [-0.39, 0.29) is 24.9 Å². The Kier molecular flexibility index (Phi) is 7.01. The molecule has 1 aliphatic carbocycles. The molecule has 7 heteroatoms. The number of nitrogens with one attached hydrogen (secondary N) is 1. The number of likely N-dealkylation sites (N-methyl/N-ethyl adjacent to an activating group) is 1. The monoisotopic (exact) mass is 411 g/mol. The van der Waals surface area contributed by atoms with Gasteiger partial charge < -0.3 is 10.2 Å². The summed E-state index contributed by atoms with van der Waals surface area (Å²) < 4.78 is 0. The summed E-state index contributed by atoms with van der Waals surface area (Å²) in [6.45, 7) is 2.13. The van der Waals surface area contributed by atoms with E-state index in [4.69, 9.17) is 23.2 Å². The van der Waals surface area contributed by atoms with Gasteiger partial charge in [-0.2, -0.15) is 0 Å². The normalized spacial score (nSPS) is 22.4. The topological polar surface area (TPSA) is 52.7 Å². The molecule has 1 heterocycles. The Balaban J connectivity index is 1.45. The van der Waals surface area contributed by atoms with Crippen molar-refractivity contribution in [1.82, 2.24) is 9.80 Å². The summed E-state index contributed by atoms with van der Waals surface area (Å²) in [5.74, 6) is 1.40. The Labute approximate surface area is 171 Å². The van der Waals surface area contributed by atoms with Gasteiger partial charge in [0.05, 0.1) is 23.1 Å². The number of fused-ring (bicyclic) bond motifs is 1. The largest absolute Gasteiger partial charge is 0.341 e. The molecule has 0 unspecified atom stereocenters. The van der Waals surface area contributed by atoms with Gasteiger partial charge in [-0.3, -0.25) is 14.5 Å². The molecule has 0 aromatic heterocycles. The highest BCUT2D eigenvalue weighted by Gasteiger charge is 2.33. The molecule has 0 spiro atoms. The predicted octanol–water partition coefficient (Wildman–Crippen LogP) is 3.90. The van der Waals surface area contributed by atoms with Gasteiger partial charge in [-0.15, -0.1) is 0 Å². The molecule has 1 N–H and O–H groups in total. The van der Waals surface area contributed by atoms with E-state index in [1.807, 2.05) is 4.90 Å². The Hall–Kier alpha value is -1.30. The van der Waals surface area contributed by atoms with Crippen LogP contribution in [0.25, 0.3) is 0 Å². The maximum Gasteiger partial charge on any atom is 0.238 e. The fourth-order valence-corrected chi connectivity index (χ4v) is 4.53. The Morgan fingerprint density at radius 2 is 1.85 bits per heavy atom. The van der Waals surface area contributed by atoms with Crippen LogP contribution in [0.1, 0.15) is 32.1 Å². The van der Waals surface area contributed by atoms with Crippen molar-refractivity contribution in [3.05, 3.63) is 28.2 Å². The lowest BCUT2D eigenvalue weighted by atomic mass is 9.75. The van der Waals surface area contributed by atoms with Crippen LogP contribution in [0.3, 0.4) is 0 Å². The van der Waals surface area contributed by atoms with Gasteiger partial charge in [0.25, 0.3) is 0 Å². The van der Waals surface area contributed by atoms with Gasteiger partial charge in [0.15, 0.2) is 0 Å². The summed E-state index contributed by atoms with van der Waals surface area (Å²) in [5.41, 5.74) is 0.591. The molecule has 0 bridgehead atoms. The third-order valence-electron chi connectivity index (χ3n) is 5.67. The number of benzene rings is 1. The van der Waals surface area contributed by atoms with Gasteiger partial charge in [0, 0.05) is 18.8 Å². The maximum absolute atomic E-state index is 12.6. The van der Waals surface area contributed by atoms with Gasteiger partial charge in [0.2, 0.25) is 11.8 Å². The zero-order valence-corrected chi connectivity index (χ0v) is 17.2. The van der Waals surface area contributed by atoms with Crippen LogP contribution in [-0.2, 0) is 9.59 Å². The number of likely N-dealkylation sites (tertiary alicyclic amines) is 1. The highest BCUT2D eigenvalue weighted by molar-refractivity contribution is 6.42. The maximum atomic E-state index is 12.6. The average Bonchev–Trinajstić information content (AvgIpc) is 2.64. The molecule has 27 heavy (non-hydrogen) atoms. The molecule has 1 saturated carbocycles. The predicted molar refractivity (Wildman–Crippen MR) is 109 cm³/mol. The quantitative estimate of drug-likeness (QED) is 0.798. The Morgan fingerprint density at radius 1 is 1.11 bits per heavy atom. The number of hydrogen-bond acceptors (Lipinski definition) is 3. The molecule has 148 valence electrons. The number of rotatable bonds is 5. The molecular formula is C20H27Cl2N3O2. The molecule has 2 atom stereocenters. The average molecular weight is 412 g/mol. The summed E-state index contributed by atoms with van der Waals surface area (Å²) in [7, 11) is 1.79. The molecule has 2 fully saturated rings. The second-order valence-electron chi connectivity index (χ2n) is 7.78. The van der Waals surface area contributed by atoms with Crippen LogP contribution < -0.4 is 5.32 Å². The number of carbonyl (C=O) groups is 2. The summed E-state index contributed by atoms with van der Waals surface area (Å²) in [6.07, 6.45) is 6.32. The minimum Gasteiger partial charge on any atom is -0.341 e. The summed E-state index contributed by atoms with van der Waals surface area (Å²) in [5, 5.41) is 3.62. The molecule has 0 radical (unpaired) electrons. The first-order valence-corrected chi connectivity index (χ1v) is 10.4. The van der Waals surface area contributed by atoms with Crippen LogP contribution >= 0.6 is 23.2 Å². The molecule has 1 aromatic rings. The van der Waals surface area contributed by atoms with E-state index in [1.54, 1.807) is 30.1 Å². The highest BCUT2D eigenvalue weighted by Crippen LogP contribution is 2.36. The fraction of sp³-hybridized carbons (Fsp3) is 0.600. The lowest BCUT2D eigenvalue weighted by Gasteiger charge is -2.41. The standard InChI is InChI=1S/C20H27Cl2N3O2/c1-24(12-19(26)23-16-6-7-17(21)18(22)10-16)13-20(27)25-9-8-14-4-2-3-5-15(14)11-25/h6-7,10,14-15H,2-5,8-9,11-13H2,1H3,(H,23,26)/t14-,15+/m0/s1. The first-order valence-electron chi connectivity index (χ1n) is 9.63. The van der Waals surface area contributed by atoms with E-state index in [0.717, 1.165) is 25.4 Å². The van der Waals surface area contributed by atoms with Crippen molar-refractivity contribution in [2.75, 3.05) is 38.5 Å². The van der Waals surface area contributed by atoms with Crippen LogP contribution in [0.15, 0.2) is 18.2 Å². The number of amides is 2. The summed E-state index contributed by atoms with van der Waals surface area (Å²) in [6, 6.07) is 4.95. The number of hydrogen-bond donors (Lipinski definition) is 1. The second kappa shape index (κ2) is 9.26. The third kappa shape index (κ3) is 5.59. The molecule has 3 rings (SSSR count). The van der Waals surface area contributed by atoms with Gasteiger partial charge in [0.1, 0.15) is 0 Å². The van der Waals surface area contributed by atoms with E-state index >= 15 is 0 Å². The van der Waals surface area contributed by atoms with E-state index in [0.29, 0.717) is 21.7 Å². The van der Waals surface area contributed by atoms with E-state index in [1.165, 1.54) is 25.7 Å². The molecule has 1 saturated heterocycles. The molecule has 1 aliphatic heterocycles. The Bertz CT molecular complexity index is 698. The lowest BCUT2D eigenvalue weighted by molar-refractivity contribution is -0.135. The first-order chi connectivity index (χ1) is 12.9. The number of nitrogens with zero attached hydrogens (tertiary/aromatic N) is 2. The number of halogens is 2. The van der Waals surface area contributed by atoms with Crippen LogP contribution in [-0.4, -0.2) is 54.8 Å². The van der Waals surface area contributed by atoms with Gasteiger partial charge >= 0.3 is 0 Å². The minimum atomic E-state index is -0.185. The number of piperidine rings is 1. The van der Waals surface area contributed by atoms with Crippen molar-refractivity contribution in [3.63, 3.8) is 0 Å². The summed E-state index contributed by atoms with van der Waals surface area (Å²) >= 11 is 11.8. The van der Waals surface area contributed by atoms with Gasteiger partial charge in [-0.05, 0) is 49.9 Å². The SMILES string of the molecule is CN(CC(=O)Nc1ccc(Cl)c(Cl)c1)CC(=O)N1CC[C@@H]2CCCC[C@@H]2C1. The van der Waals surface area contributed by atoms with Crippen molar-refractivity contribution in [1.29, 1.82) is 0 Å². The van der Waals surface area contributed by atoms with Crippen LogP contribution in [0.5, 0.6) is 0 Å². The molecule has 5 nitrogen and oxygen atoms in total. The van der Waals surface area contributed by atoms with Crippen LogP contribution in [0.4, 0.5) is 5.69 Å². The van der Waals surface area contributed by atoms with Crippen LogP contribution in [0.2, 0.25) is 10.0 Å². The molecule has 2 amide bonds. The summed E-state index contributed by atoms with van der Waals surface area (Å²) in [4.78, 5) is 28.6. The van der Waals surface area contributed by atoms with Crippen molar-refractivity contribution in [3.8, 4) is 0 Å². The number of carbonyl (C=O) groups excluding carboxylic acids is 2. The highest BCUT2D eigenvalue weighted by atomic mass is 35.5. The molecule has 2 aliphatic rings. The second-order valence-corrected chi connectivity index (χ2v) is 8.60. The fourth-order valence-electron chi connectivity index (χ4n) is 4.23. The Morgan fingerprint density at radius 3 is 2.59 bits per heavy atom. The van der Waals surface area contributed by atoms with Crippen molar-refractivity contribution < 1.29 is 9.59 Å². The zero-order chi connectivity index (χ0) is 19.4. The first kappa shape index (κ1) is 20.4. The van der Waals surface area contributed by atoms with Crippen LogP contribution in [0, 0.1) is 11.8 Å². The van der Waals surface area contributed by atoms with E-state index < -0.39 is 0 Å². The van der Waals surface area contributed by atoms with Crippen molar-refractivity contribution in [2.24, 2.45) is 11.8 Å². The molecule has 1 aromatic carbocycles. The zero-order valence-electron chi connectivity index (χ0n) is 15.7.